The van der Waals surface area contributed by atoms with Crippen LogP contribution in [-0.4, -0.2) is 15.5 Å². The van der Waals surface area contributed by atoms with E-state index in [1.807, 2.05) is 26.1 Å². The maximum absolute atomic E-state index is 12.4. The fourth-order valence-corrected chi connectivity index (χ4v) is 4.63. The molecule has 21 heavy (non-hydrogen) atoms. The highest BCUT2D eigenvalue weighted by atomic mass is 32.2. The topological polar surface area (TPSA) is 58.2 Å². The van der Waals surface area contributed by atoms with Crippen molar-refractivity contribution in [3.63, 3.8) is 0 Å². The van der Waals surface area contributed by atoms with Crippen molar-refractivity contribution in [2.24, 2.45) is 0 Å². The zero-order valence-electron chi connectivity index (χ0n) is 12.4. The molecule has 2 aromatic rings. The third-order valence-electron chi connectivity index (χ3n) is 3.21. The molecule has 0 bridgehead atoms. The van der Waals surface area contributed by atoms with Crippen molar-refractivity contribution in [1.82, 2.24) is 5.32 Å². The smallest absolute Gasteiger partial charge is 0.271 e. The molecule has 1 aromatic carbocycles. The molecular weight excluding hydrogens is 304 g/mol. The van der Waals surface area contributed by atoms with Crippen molar-refractivity contribution in [3.8, 4) is 0 Å². The molecule has 0 aliphatic rings. The van der Waals surface area contributed by atoms with Crippen molar-refractivity contribution in [2.45, 2.75) is 31.0 Å². The highest BCUT2D eigenvalue weighted by Crippen LogP contribution is 2.27. The van der Waals surface area contributed by atoms with E-state index in [9.17, 15) is 8.42 Å². The summed E-state index contributed by atoms with van der Waals surface area (Å²) in [6.07, 6.45) is 0.935. The Kier molecular flexibility index (Phi) is 5.03. The first-order chi connectivity index (χ1) is 9.96. The summed E-state index contributed by atoms with van der Waals surface area (Å²) in [6.45, 7) is 4.67. The lowest BCUT2D eigenvalue weighted by Gasteiger charge is -2.06. The molecule has 0 aliphatic heterocycles. The van der Waals surface area contributed by atoms with Gasteiger partial charge in [-0.1, -0.05) is 19.1 Å². The summed E-state index contributed by atoms with van der Waals surface area (Å²) in [5.74, 6) is 0. The monoisotopic (exact) mass is 324 g/mol. The van der Waals surface area contributed by atoms with Crippen molar-refractivity contribution < 1.29 is 8.42 Å². The van der Waals surface area contributed by atoms with Crippen LogP contribution in [-0.2, 0) is 23.0 Å². The van der Waals surface area contributed by atoms with Gasteiger partial charge in [0.25, 0.3) is 10.0 Å². The Bertz CT molecular complexity index is 704. The maximum Gasteiger partial charge on any atom is 0.271 e. The van der Waals surface area contributed by atoms with Crippen LogP contribution in [0.1, 0.15) is 22.9 Å². The molecule has 0 radical (unpaired) electrons. The molecule has 2 rings (SSSR count). The van der Waals surface area contributed by atoms with Gasteiger partial charge >= 0.3 is 0 Å². The second-order valence-electron chi connectivity index (χ2n) is 4.86. The van der Waals surface area contributed by atoms with E-state index in [1.165, 1.54) is 16.9 Å². The molecule has 1 aromatic heterocycles. The van der Waals surface area contributed by atoms with Crippen LogP contribution in [0.3, 0.4) is 0 Å². The van der Waals surface area contributed by atoms with E-state index in [0.717, 1.165) is 16.9 Å². The Morgan fingerprint density at radius 2 is 1.86 bits per heavy atom. The van der Waals surface area contributed by atoms with Crippen molar-refractivity contribution >= 4 is 27.0 Å². The van der Waals surface area contributed by atoms with E-state index in [-0.39, 0.29) is 0 Å². The van der Waals surface area contributed by atoms with Crippen LogP contribution in [0.15, 0.2) is 34.5 Å². The van der Waals surface area contributed by atoms with Gasteiger partial charge < -0.3 is 5.32 Å². The molecule has 0 saturated heterocycles. The molecule has 0 atom stereocenters. The van der Waals surface area contributed by atoms with Gasteiger partial charge in [0.2, 0.25) is 0 Å². The van der Waals surface area contributed by atoms with Gasteiger partial charge in [-0.2, -0.15) is 0 Å². The quantitative estimate of drug-likeness (QED) is 0.858. The number of anilines is 1. The highest BCUT2D eigenvalue weighted by molar-refractivity contribution is 7.94. The van der Waals surface area contributed by atoms with E-state index in [2.05, 4.69) is 17.0 Å². The second-order valence-corrected chi connectivity index (χ2v) is 7.90. The van der Waals surface area contributed by atoms with Gasteiger partial charge in [0.05, 0.1) is 0 Å². The van der Waals surface area contributed by atoms with E-state index in [0.29, 0.717) is 16.4 Å². The molecule has 0 fully saturated rings. The summed E-state index contributed by atoms with van der Waals surface area (Å²) in [5.41, 5.74) is 2.77. The van der Waals surface area contributed by atoms with Crippen LogP contribution in [0.2, 0.25) is 0 Å². The lowest BCUT2D eigenvalue weighted by atomic mass is 10.2. The van der Waals surface area contributed by atoms with Crippen LogP contribution in [0, 0.1) is 6.92 Å². The first-order valence-corrected chi connectivity index (χ1v) is 9.12. The predicted molar refractivity (Wildman–Crippen MR) is 88.4 cm³/mol. The molecular formula is C15H20N2O2S2. The Hall–Kier alpha value is -1.37. The normalized spacial score (nSPS) is 11.6. The summed E-state index contributed by atoms with van der Waals surface area (Å²) in [7, 11) is -1.66. The highest BCUT2D eigenvalue weighted by Gasteiger charge is 2.18. The minimum absolute atomic E-state index is 0.352. The summed E-state index contributed by atoms with van der Waals surface area (Å²) in [4.78, 5) is 1.04. The summed E-state index contributed by atoms with van der Waals surface area (Å²) in [5, 5.41) is 3.05. The average Bonchev–Trinajstić information content (AvgIpc) is 2.82. The molecule has 0 saturated carbocycles. The van der Waals surface area contributed by atoms with Crippen LogP contribution in [0.5, 0.6) is 0 Å². The molecule has 0 spiro atoms. The van der Waals surface area contributed by atoms with Crippen molar-refractivity contribution in [3.05, 3.63) is 46.3 Å². The standard InChI is InChI=1S/C15H20N2O2S2/c1-4-12-5-7-13(8-6-12)17-21(18,19)15-9-11(2)14(20-15)10-16-3/h5-9,16-17H,4,10H2,1-3H3. The minimum Gasteiger partial charge on any atom is -0.315 e. The predicted octanol–water partition coefficient (Wildman–Crippen LogP) is 3.14. The lowest BCUT2D eigenvalue weighted by molar-refractivity contribution is 0.603. The number of sulfonamides is 1. The maximum atomic E-state index is 12.4. The third kappa shape index (κ3) is 3.84. The number of hydrogen-bond donors (Lipinski definition) is 2. The number of nitrogens with one attached hydrogen (secondary N) is 2. The van der Waals surface area contributed by atoms with E-state index < -0.39 is 10.0 Å². The first-order valence-electron chi connectivity index (χ1n) is 6.82. The number of hydrogen-bond acceptors (Lipinski definition) is 4. The zero-order chi connectivity index (χ0) is 15.5. The molecule has 0 unspecified atom stereocenters. The summed E-state index contributed by atoms with van der Waals surface area (Å²) in [6, 6.07) is 9.19. The van der Waals surface area contributed by atoms with Gasteiger partial charge in [-0.15, -0.1) is 11.3 Å². The lowest BCUT2D eigenvalue weighted by Crippen LogP contribution is -2.11. The van der Waals surface area contributed by atoms with Crippen LogP contribution < -0.4 is 10.0 Å². The van der Waals surface area contributed by atoms with Gasteiger partial charge in [0, 0.05) is 17.1 Å². The van der Waals surface area contributed by atoms with Crippen molar-refractivity contribution in [2.75, 3.05) is 11.8 Å². The molecule has 1 heterocycles. The number of rotatable bonds is 6. The Morgan fingerprint density at radius 1 is 1.19 bits per heavy atom. The first kappa shape index (κ1) is 16.0. The van der Waals surface area contributed by atoms with E-state index in [1.54, 1.807) is 18.2 Å². The Labute approximate surface area is 130 Å². The third-order valence-corrected chi connectivity index (χ3v) is 6.31. The van der Waals surface area contributed by atoms with Gasteiger partial charge in [0.15, 0.2) is 0 Å². The fraction of sp³-hybridized carbons (Fsp3) is 0.333. The summed E-state index contributed by atoms with van der Waals surface area (Å²) >= 11 is 1.30. The largest absolute Gasteiger partial charge is 0.315 e. The van der Waals surface area contributed by atoms with E-state index >= 15 is 0 Å². The van der Waals surface area contributed by atoms with Gasteiger partial charge in [-0.3, -0.25) is 4.72 Å². The van der Waals surface area contributed by atoms with Crippen molar-refractivity contribution in [1.29, 1.82) is 0 Å². The average molecular weight is 324 g/mol. The SMILES string of the molecule is CCc1ccc(NS(=O)(=O)c2cc(C)c(CNC)s2)cc1. The fourth-order valence-electron chi connectivity index (χ4n) is 1.97. The number of aryl methyl sites for hydroxylation is 2. The summed E-state index contributed by atoms with van der Waals surface area (Å²) < 4.78 is 27.8. The van der Waals surface area contributed by atoms with Crippen LogP contribution in [0.4, 0.5) is 5.69 Å². The van der Waals surface area contributed by atoms with Gasteiger partial charge in [0.1, 0.15) is 4.21 Å². The van der Waals surface area contributed by atoms with Gasteiger partial charge in [-0.25, -0.2) is 8.42 Å². The molecule has 2 N–H and O–H groups in total. The molecule has 6 heteroatoms. The van der Waals surface area contributed by atoms with Crippen LogP contribution >= 0.6 is 11.3 Å². The van der Waals surface area contributed by atoms with E-state index in [4.69, 9.17) is 0 Å². The number of thiophene rings is 1. The molecule has 0 amide bonds. The molecule has 0 aliphatic carbocycles. The Balaban J connectivity index is 2.22. The molecule has 4 nitrogen and oxygen atoms in total. The van der Waals surface area contributed by atoms with Crippen LogP contribution in [0.25, 0.3) is 0 Å². The minimum atomic E-state index is -3.51. The second kappa shape index (κ2) is 6.60. The number of benzene rings is 1. The molecule has 114 valence electrons. The van der Waals surface area contributed by atoms with Gasteiger partial charge in [-0.05, 0) is 49.7 Å². The zero-order valence-corrected chi connectivity index (χ0v) is 14.1. The Morgan fingerprint density at radius 3 is 2.43 bits per heavy atom.